The lowest BCUT2D eigenvalue weighted by atomic mass is 9.49. The number of allylic oxidation sites excluding steroid dienone is 2. The van der Waals surface area contributed by atoms with E-state index < -0.39 is 46.8 Å². The molecule has 2 heterocycles. The molecule has 0 spiro atoms. The fourth-order valence-corrected chi connectivity index (χ4v) is 9.85. The summed E-state index contributed by atoms with van der Waals surface area (Å²) in [4.78, 5) is 61.9. The van der Waals surface area contributed by atoms with Gasteiger partial charge in [0, 0.05) is 33.9 Å². The molecule has 9 nitrogen and oxygen atoms in total. The van der Waals surface area contributed by atoms with Crippen LogP contribution in [0.15, 0.2) is 139 Å². The summed E-state index contributed by atoms with van der Waals surface area (Å²) >= 11 is 6.43. The van der Waals surface area contributed by atoms with Crippen molar-refractivity contribution in [2.45, 2.75) is 24.2 Å². The fraction of sp³-hybridized carbons (Fsp3) is 0.200. The molecule has 5 aromatic carbocycles. The summed E-state index contributed by atoms with van der Waals surface area (Å²) in [5.74, 6) is -4.83. The number of imide groups is 2. The van der Waals surface area contributed by atoms with Crippen LogP contribution >= 0.6 is 11.6 Å². The van der Waals surface area contributed by atoms with E-state index in [4.69, 9.17) is 16.3 Å². The number of nitrogens with zero attached hydrogens (tertiary/aromatic N) is 2. The zero-order chi connectivity index (χ0) is 38.0. The maximum Gasteiger partial charge on any atom is 0.246 e. The molecule has 5 aromatic rings. The summed E-state index contributed by atoms with van der Waals surface area (Å²) < 4.78 is 5.88. The molecule has 3 fully saturated rings. The first-order valence-corrected chi connectivity index (χ1v) is 18.7. The number of hydrogen-bond donors (Lipinski definition) is 2. The highest BCUT2D eigenvalue weighted by molar-refractivity contribution is 6.32. The van der Waals surface area contributed by atoms with Gasteiger partial charge in [-0.2, -0.15) is 0 Å². The predicted molar refractivity (Wildman–Crippen MR) is 209 cm³/mol. The lowest BCUT2D eigenvalue weighted by Gasteiger charge is -2.51. The van der Waals surface area contributed by atoms with Crippen LogP contribution in [0.1, 0.15) is 29.9 Å². The lowest BCUT2D eigenvalue weighted by Crippen LogP contribution is -2.53. The molecule has 4 aliphatic rings. The third-order valence-corrected chi connectivity index (χ3v) is 12.1. The number of aromatic hydroxyl groups is 1. The highest BCUT2D eigenvalue weighted by atomic mass is 35.5. The van der Waals surface area contributed by atoms with Crippen LogP contribution in [0.2, 0.25) is 5.02 Å². The van der Waals surface area contributed by atoms with Gasteiger partial charge in [0.15, 0.2) is 0 Å². The summed E-state index contributed by atoms with van der Waals surface area (Å²) in [6, 6.07) is 37.6. The zero-order valence-corrected chi connectivity index (χ0v) is 30.5. The fourth-order valence-electron chi connectivity index (χ4n) is 9.66. The maximum absolute atomic E-state index is 15.4. The second-order valence-corrected chi connectivity index (χ2v) is 15.0. The van der Waals surface area contributed by atoms with Gasteiger partial charge in [-0.05, 0) is 85.0 Å². The minimum Gasteiger partial charge on any atom is -0.508 e. The second-order valence-electron chi connectivity index (χ2n) is 14.6. The highest BCUT2D eigenvalue weighted by Crippen LogP contribution is 2.65. The van der Waals surface area contributed by atoms with Crippen molar-refractivity contribution in [3.63, 3.8) is 0 Å². The van der Waals surface area contributed by atoms with Crippen molar-refractivity contribution < 1.29 is 29.0 Å². The van der Waals surface area contributed by atoms with Gasteiger partial charge < -0.3 is 15.2 Å². The minimum atomic E-state index is -1.47. The van der Waals surface area contributed by atoms with Crippen molar-refractivity contribution in [3.05, 3.63) is 155 Å². The van der Waals surface area contributed by atoms with E-state index in [1.54, 1.807) is 48.5 Å². The first kappa shape index (κ1) is 34.6. The number of fused-ring (bicyclic) bond motifs is 4. The van der Waals surface area contributed by atoms with Crippen molar-refractivity contribution in [2.24, 2.45) is 23.7 Å². The number of methoxy groups -OCH3 is 1. The van der Waals surface area contributed by atoms with Crippen LogP contribution < -0.4 is 19.9 Å². The topological polar surface area (TPSA) is 116 Å². The smallest absolute Gasteiger partial charge is 0.246 e. The average Bonchev–Trinajstić information content (AvgIpc) is 3.59. The van der Waals surface area contributed by atoms with E-state index in [2.05, 4.69) is 5.32 Å². The third kappa shape index (κ3) is 5.28. The monoisotopic (exact) mass is 749 g/mol. The summed E-state index contributed by atoms with van der Waals surface area (Å²) in [6.45, 7) is 0. The lowest BCUT2D eigenvalue weighted by molar-refractivity contribution is -0.127. The van der Waals surface area contributed by atoms with Crippen molar-refractivity contribution in [2.75, 3.05) is 22.2 Å². The number of halogens is 1. The van der Waals surface area contributed by atoms with Gasteiger partial charge in [-0.3, -0.25) is 24.1 Å². The SMILES string of the molecule is COc1cc(O)ccc1[C@H]1C2=CC[C@@H]3C(=O)N(c4ccc(Nc5ccccc5)cc4)C(=O)[C@@H]3[C@@H]2C[C@H]2C(=O)N(c3cccc(Cl)c3)C(=O)[C@@]12c1ccccc1. The molecular weight excluding hydrogens is 714 g/mol. The van der Waals surface area contributed by atoms with Gasteiger partial charge in [0.2, 0.25) is 23.6 Å². The molecule has 0 unspecified atom stereocenters. The van der Waals surface area contributed by atoms with Crippen LogP contribution in [-0.4, -0.2) is 35.8 Å². The van der Waals surface area contributed by atoms with Crippen LogP contribution in [0, 0.1) is 23.7 Å². The van der Waals surface area contributed by atoms with Crippen molar-refractivity contribution in [3.8, 4) is 11.5 Å². The number of para-hydroxylation sites is 1. The van der Waals surface area contributed by atoms with E-state index in [1.807, 2.05) is 78.9 Å². The molecular formula is C45H36ClN3O6. The molecule has 2 N–H and O–H groups in total. The van der Waals surface area contributed by atoms with Gasteiger partial charge in [0.05, 0.1) is 41.7 Å². The third-order valence-electron chi connectivity index (χ3n) is 11.9. The molecule has 1 saturated carbocycles. The molecule has 2 saturated heterocycles. The molecule has 9 rings (SSSR count). The second kappa shape index (κ2) is 13.3. The van der Waals surface area contributed by atoms with Crippen LogP contribution in [-0.2, 0) is 24.6 Å². The number of rotatable bonds is 7. The summed E-state index contributed by atoms with van der Waals surface area (Å²) in [6.07, 6.45) is 2.44. The Hall–Kier alpha value is -6.19. The number of carbonyl (C=O) groups is 4. The maximum atomic E-state index is 15.4. The van der Waals surface area contributed by atoms with E-state index in [0.29, 0.717) is 33.3 Å². The van der Waals surface area contributed by atoms with E-state index >= 15 is 4.79 Å². The highest BCUT2D eigenvalue weighted by Gasteiger charge is 2.70. The normalized spacial score (nSPS) is 25.6. The number of nitrogens with one attached hydrogen (secondary N) is 1. The Morgan fingerprint density at radius 2 is 1.44 bits per heavy atom. The summed E-state index contributed by atoms with van der Waals surface area (Å²) in [7, 11) is 1.49. The van der Waals surface area contributed by atoms with Gasteiger partial charge in [-0.15, -0.1) is 0 Å². The van der Waals surface area contributed by atoms with Crippen LogP contribution in [0.3, 0.4) is 0 Å². The molecule has 2 aliphatic carbocycles. The summed E-state index contributed by atoms with van der Waals surface area (Å²) in [5.41, 5.74) is 3.09. The van der Waals surface area contributed by atoms with Gasteiger partial charge in [-0.1, -0.05) is 83.9 Å². The Labute approximate surface area is 322 Å². The molecule has 4 amide bonds. The predicted octanol–water partition coefficient (Wildman–Crippen LogP) is 8.16. The first-order valence-electron chi connectivity index (χ1n) is 18.3. The number of hydrogen-bond acceptors (Lipinski definition) is 7. The zero-order valence-electron chi connectivity index (χ0n) is 29.8. The molecule has 6 atom stereocenters. The number of ether oxygens (including phenoxy) is 1. The van der Waals surface area contributed by atoms with E-state index in [0.717, 1.165) is 16.9 Å². The molecule has 0 radical (unpaired) electrons. The summed E-state index contributed by atoms with van der Waals surface area (Å²) in [5, 5.41) is 14.3. The number of phenols is 1. The van der Waals surface area contributed by atoms with Crippen molar-refractivity contribution >= 4 is 58.0 Å². The van der Waals surface area contributed by atoms with Gasteiger partial charge in [0.1, 0.15) is 11.5 Å². The molecule has 10 heteroatoms. The molecule has 0 aromatic heterocycles. The Balaban J connectivity index is 1.18. The number of benzene rings is 5. The average molecular weight is 750 g/mol. The van der Waals surface area contributed by atoms with E-state index in [-0.39, 0.29) is 30.4 Å². The first-order chi connectivity index (χ1) is 26.7. The van der Waals surface area contributed by atoms with Gasteiger partial charge in [-0.25, -0.2) is 4.90 Å². The largest absolute Gasteiger partial charge is 0.508 e. The minimum absolute atomic E-state index is 0.0254. The molecule has 2 aliphatic heterocycles. The van der Waals surface area contributed by atoms with E-state index in [9.17, 15) is 19.5 Å². The van der Waals surface area contributed by atoms with Crippen LogP contribution in [0.25, 0.3) is 0 Å². The number of phenolic OH excluding ortho intramolecular Hbond substituents is 1. The Kier molecular flexibility index (Phi) is 8.35. The Morgan fingerprint density at radius 3 is 2.15 bits per heavy atom. The number of anilines is 4. The number of carbonyl (C=O) groups excluding carboxylic acids is 4. The molecule has 274 valence electrons. The quantitative estimate of drug-likeness (QED) is 0.127. The van der Waals surface area contributed by atoms with Crippen molar-refractivity contribution in [1.29, 1.82) is 0 Å². The van der Waals surface area contributed by atoms with Crippen molar-refractivity contribution in [1.82, 2.24) is 0 Å². The van der Waals surface area contributed by atoms with Crippen LogP contribution in [0.4, 0.5) is 22.7 Å². The molecule has 55 heavy (non-hydrogen) atoms. The Bertz CT molecular complexity index is 2400. The van der Waals surface area contributed by atoms with Gasteiger partial charge >= 0.3 is 0 Å². The Morgan fingerprint density at radius 1 is 0.727 bits per heavy atom. The van der Waals surface area contributed by atoms with Gasteiger partial charge in [0.25, 0.3) is 0 Å². The number of amides is 4. The van der Waals surface area contributed by atoms with E-state index in [1.165, 1.54) is 23.0 Å². The molecule has 0 bridgehead atoms. The van der Waals surface area contributed by atoms with Crippen LogP contribution in [0.5, 0.6) is 11.5 Å². The standard InChI is InChI=1S/C45H36ClN3O6/c1-55-38-24-32(50)19-20-34(38)40-33-21-22-35-39(43(53)48(41(35)51)30-17-15-29(16-18-30)47-28-12-6-3-7-13-28)36(33)25-37-42(52)49(31-14-8-11-27(46)23-31)44(54)45(37,40)26-9-4-2-5-10-26/h2-21,23-24,35-37,39-40,47,50H,22,25H2,1H3/t35-,36+,37-,39-,40+,45+/m0/s1.